The molecule has 3 rings (SSSR count). The molecule has 0 saturated heterocycles. The topological polar surface area (TPSA) is 37.3 Å². The van der Waals surface area contributed by atoms with Crippen LogP contribution in [0, 0.1) is 13.8 Å². The first-order valence-electron chi connectivity index (χ1n) is 7.36. The summed E-state index contributed by atoms with van der Waals surface area (Å²) in [5.41, 5.74) is 4.47. The summed E-state index contributed by atoms with van der Waals surface area (Å²) in [4.78, 5) is 14.4. The van der Waals surface area contributed by atoms with Crippen molar-refractivity contribution < 1.29 is 4.79 Å². The van der Waals surface area contributed by atoms with Gasteiger partial charge in [-0.25, -0.2) is 4.79 Å². The van der Waals surface area contributed by atoms with Gasteiger partial charge in [-0.05, 0) is 56.2 Å². The maximum Gasteiger partial charge on any atom is 0.322 e. The summed E-state index contributed by atoms with van der Waals surface area (Å²) in [7, 11) is 0. The fourth-order valence-electron chi connectivity index (χ4n) is 2.87. The van der Waals surface area contributed by atoms with Gasteiger partial charge in [0.15, 0.2) is 0 Å². The van der Waals surface area contributed by atoms with Crippen molar-refractivity contribution in [2.75, 3.05) is 11.9 Å². The molecule has 0 saturated carbocycles. The van der Waals surface area contributed by atoms with E-state index in [2.05, 4.69) is 42.9 Å². The fraction of sp³-hybridized carbons (Fsp3) is 0.353. The molecule has 4 heteroatoms. The first-order chi connectivity index (χ1) is 10.1. The molecule has 2 heterocycles. The van der Waals surface area contributed by atoms with Crippen LogP contribution in [0.4, 0.5) is 10.5 Å². The van der Waals surface area contributed by atoms with Crippen LogP contribution < -0.4 is 5.32 Å². The van der Waals surface area contributed by atoms with E-state index in [1.165, 1.54) is 16.8 Å². The molecule has 0 spiro atoms. The fourth-order valence-corrected chi connectivity index (χ4v) is 2.87. The van der Waals surface area contributed by atoms with E-state index < -0.39 is 0 Å². The third-order valence-electron chi connectivity index (χ3n) is 4.36. The van der Waals surface area contributed by atoms with Crippen LogP contribution in [-0.4, -0.2) is 22.0 Å². The van der Waals surface area contributed by atoms with Crippen molar-refractivity contribution in [2.45, 2.75) is 33.4 Å². The van der Waals surface area contributed by atoms with Crippen molar-refractivity contribution in [3.8, 4) is 0 Å². The SMILES string of the molecule is Cc1ccc(NC(=O)N2CCn3cccc3[C@H]2C)cc1C. The van der Waals surface area contributed by atoms with Gasteiger partial charge >= 0.3 is 6.03 Å². The number of carbonyl (C=O) groups is 1. The van der Waals surface area contributed by atoms with E-state index in [0.717, 1.165) is 18.8 Å². The number of amides is 2. The van der Waals surface area contributed by atoms with E-state index in [1.807, 2.05) is 29.2 Å². The molecule has 1 atom stereocenters. The van der Waals surface area contributed by atoms with Crippen molar-refractivity contribution in [2.24, 2.45) is 0 Å². The summed E-state index contributed by atoms with van der Waals surface area (Å²) < 4.78 is 2.21. The molecule has 2 amide bonds. The van der Waals surface area contributed by atoms with Crippen molar-refractivity contribution >= 4 is 11.7 Å². The number of benzene rings is 1. The van der Waals surface area contributed by atoms with Gasteiger partial charge in [0.05, 0.1) is 6.04 Å². The number of rotatable bonds is 1. The zero-order chi connectivity index (χ0) is 15.0. The van der Waals surface area contributed by atoms with Crippen LogP contribution in [0.15, 0.2) is 36.5 Å². The molecule has 1 aromatic carbocycles. The molecule has 1 aromatic heterocycles. The molecule has 4 nitrogen and oxygen atoms in total. The van der Waals surface area contributed by atoms with Gasteiger partial charge in [0.25, 0.3) is 0 Å². The Kier molecular flexibility index (Phi) is 3.45. The van der Waals surface area contributed by atoms with Gasteiger partial charge in [-0.15, -0.1) is 0 Å². The van der Waals surface area contributed by atoms with E-state index in [-0.39, 0.29) is 12.1 Å². The van der Waals surface area contributed by atoms with E-state index in [9.17, 15) is 4.79 Å². The summed E-state index contributed by atoms with van der Waals surface area (Å²) >= 11 is 0. The number of anilines is 1. The molecule has 0 aliphatic carbocycles. The number of hydrogen-bond acceptors (Lipinski definition) is 1. The average molecular weight is 283 g/mol. The highest BCUT2D eigenvalue weighted by atomic mass is 16.2. The zero-order valence-electron chi connectivity index (χ0n) is 12.8. The van der Waals surface area contributed by atoms with Gasteiger partial charge in [0.1, 0.15) is 0 Å². The van der Waals surface area contributed by atoms with Gasteiger partial charge in [-0.2, -0.15) is 0 Å². The first-order valence-corrected chi connectivity index (χ1v) is 7.36. The second-order valence-electron chi connectivity index (χ2n) is 5.73. The number of carbonyl (C=O) groups excluding carboxylic acids is 1. The molecule has 0 unspecified atom stereocenters. The van der Waals surface area contributed by atoms with E-state index in [0.29, 0.717) is 0 Å². The standard InChI is InChI=1S/C17H21N3O/c1-12-6-7-15(11-13(12)2)18-17(21)20-10-9-19-8-4-5-16(19)14(20)3/h4-8,11,14H,9-10H2,1-3H3,(H,18,21)/t14-/m1/s1. The summed E-state index contributed by atoms with van der Waals surface area (Å²) in [6.45, 7) is 7.79. The number of aromatic nitrogens is 1. The highest BCUT2D eigenvalue weighted by molar-refractivity contribution is 5.89. The minimum Gasteiger partial charge on any atom is -0.348 e. The smallest absolute Gasteiger partial charge is 0.322 e. The molecule has 1 aliphatic rings. The number of hydrogen-bond donors (Lipinski definition) is 1. The molecule has 2 aromatic rings. The molecular formula is C17H21N3O. The van der Waals surface area contributed by atoms with Gasteiger partial charge in [-0.1, -0.05) is 6.07 Å². The number of fused-ring (bicyclic) bond motifs is 1. The summed E-state index contributed by atoms with van der Waals surface area (Å²) in [6.07, 6.45) is 2.07. The lowest BCUT2D eigenvalue weighted by Gasteiger charge is -2.34. The van der Waals surface area contributed by atoms with Crippen LogP contribution in [0.1, 0.15) is 29.8 Å². The number of urea groups is 1. The van der Waals surface area contributed by atoms with Crippen LogP contribution >= 0.6 is 0 Å². The Labute approximate surface area is 125 Å². The van der Waals surface area contributed by atoms with E-state index >= 15 is 0 Å². The number of nitrogens with one attached hydrogen (secondary N) is 1. The van der Waals surface area contributed by atoms with Crippen molar-refractivity contribution in [1.82, 2.24) is 9.47 Å². The summed E-state index contributed by atoms with van der Waals surface area (Å²) in [6, 6.07) is 10.2. The second kappa shape index (κ2) is 5.28. The van der Waals surface area contributed by atoms with Crippen molar-refractivity contribution in [1.29, 1.82) is 0 Å². The third kappa shape index (κ3) is 2.53. The zero-order valence-corrected chi connectivity index (χ0v) is 12.8. The van der Waals surface area contributed by atoms with Crippen LogP contribution in [0.5, 0.6) is 0 Å². The predicted octanol–water partition coefficient (Wildman–Crippen LogP) is 3.71. The monoisotopic (exact) mass is 283 g/mol. The van der Waals surface area contributed by atoms with E-state index in [4.69, 9.17) is 0 Å². The van der Waals surface area contributed by atoms with Crippen LogP contribution in [0.25, 0.3) is 0 Å². The molecule has 0 bridgehead atoms. The Hall–Kier alpha value is -2.23. The van der Waals surface area contributed by atoms with Crippen molar-refractivity contribution in [3.05, 3.63) is 53.3 Å². The quantitative estimate of drug-likeness (QED) is 0.851. The van der Waals surface area contributed by atoms with E-state index in [1.54, 1.807) is 0 Å². The van der Waals surface area contributed by atoms with Crippen LogP contribution in [-0.2, 0) is 6.54 Å². The van der Waals surface area contributed by atoms with Crippen LogP contribution in [0.3, 0.4) is 0 Å². The Morgan fingerprint density at radius 2 is 2.00 bits per heavy atom. The van der Waals surface area contributed by atoms with Gasteiger partial charge in [0.2, 0.25) is 0 Å². The second-order valence-corrected chi connectivity index (χ2v) is 5.73. The molecule has 1 N–H and O–H groups in total. The number of nitrogens with zero attached hydrogens (tertiary/aromatic N) is 2. The highest BCUT2D eigenvalue weighted by Gasteiger charge is 2.27. The first kappa shape index (κ1) is 13.7. The molecule has 1 aliphatic heterocycles. The minimum atomic E-state index is -0.0294. The number of aryl methyl sites for hydroxylation is 2. The van der Waals surface area contributed by atoms with Gasteiger partial charge in [-0.3, -0.25) is 0 Å². The molecule has 0 radical (unpaired) electrons. The summed E-state index contributed by atoms with van der Waals surface area (Å²) in [5.74, 6) is 0. The predicted molar refractivity (Wildman–Crippen MR) is 84.5 cm³/mol. The lowest BCUT2D eigenvalue weighted by Crippen LogP contribution is -2.43. The lowest BCUT2D eigenvalue weighted by molar-refractivity contribution is 0.175. The normalized spacial score (nSPS) is 17.5. The third-order valence-corrected chi connectivity index (χ3v) is 4.36. The Morgan fingerprint density at radius 3 is 2.76 bits per heavy atom. The van der Waals surface area contributed by atoms with Gasteiger partial charge in [0, 0.05) is 30.7 Å². The average Bonchev–Trinajstić information content (AvgIpc) is 2.92. The highest BCUT2D eigenvalue weighted by Crippen LogP contribution is 2.26. The lowest BCUT2D eigenvalue weighted by atomic mass is 10.1. The van der Waals surface area contributed by atoms with Crippen molar-refractivity contribution in [3.63, 3.8) is 0 Å². The van der Waals surface area contributed by atoms with Gasteiger partial charge < -0.3 is 14.8 Å². The maximum absolute atomic E-state index is 12.5. The molecule has 21 heavy (non-hydrogen) atoms. The summed E-state index contributed by atoms with van der Waals surface area (Å²) in [5, 5.41) is 3.01. The molecule has 0 fully saturated rings. The maximum atomic E-state index is 12.5. The Bertz CT molecular complexity index is 674. The Balaban J connectivity index is 1.75. The molecule has 110 valence electrons. The minimum absolute atomic E-state index is 0.0294. The Morgan fingerprint density at radius 1 is 1.19 bits per heavy atom. The largest absolute Gasteiger partial charge is 0.348 e. The molecular weight excluding hydrogens is 262 g/mol. The van der Waals surface area contributed by atoms with Crippen LogP contribution in [0.2, 0.25) is 0 Å².